The molecule has 0 spiro atoms. The molecule has 116 valence electrons. The van der Waals surface area contributed by atoms with Gasteiger partial charge in [-0.2, -0.15) is 0 Å². The molecule has 1 fully saturated rings. The van der Waals surface area contributed by atoms with Gasteiger partial charge in [-0.1, -0.05) is 0 Å². The van der Waals surface area contributed by atoms with E-state index in [9.17, 15) is 18.0 Å². The van der Waals surface area contributed by atoms with Crippen LogP contribution < -0.4 is 5.32 Å². The topological polar surface area (TPSA) is 52.6 Å². The lowest BCUT2D eigenvalue weighted by Gasteiger charge is -2.35. The third kappa shape index (κ3) is 3.47. The van der Waals surface area contributed by atoms with Crippen LogP contribution in [-0.2, 0) is 0 Å². The first-order chi connectivity index (χ1) is 10.0. The molecule has 1 aromatic carbocycles. The maximum Gasteiger partial charge on any atom is 0.322 e. The third-order valence-electron chi connectivity index (χ3n) is 3.63. The number of urea groups is 1. The molecule has 4 nitrogen and oxygen atoms in total. The van der Waals surface area contributed by atoms with Gasteiger partial charge in [0, 0.05) is 19.2 Å². The second-order valence-corrected chi connectivity index (χ2v) is 5.01. The summed E-state index contributed by atoms with van der Waals surface area (Å²) in [6.45, 7) is 0.440. The number of carbonyl (C=O) groups excluding carboxylic acids is 1. The Morgan fingerprint density at radius 1 is 1.29 bits per heavy atom. The van der Waals surface area contributed by atoms with Crippen molar-refractivity contribution in [1.82, 2.24) is 4.90 Å². The minimum atomic E-state index is -1.61. The number of hydrogen-bond donors (Lipinski definition) is 2. The van der Waals surface area contributed by atoms with E-state index in [-0.39, 0.29) is 12.6 Å². The van der Waals surface area contributed by atoms with E-state index >= 15 is 0 Å². The molecule has 7 heteroatoms. The molecule has 0 radical (unpaired) electrons. The van der Waals surface area contributed by atoms with E-state index in [1.807, 2.05) is 0 Å². The zero-order valence-electron chi connectivity index (χ0n) is 11.4. The van der Waals surface area contributed by atoms with E-state index in [2.05, 4.69) is 5.32 Å². The maximum atomic E-state index is 13.5. The Bertz CT molecular complexity index is 523. The summed E-state index contributed by atoms with van der Waals surface area (Å²) < 4.78 is 39.5. The molecule has 1 aromatic rings. The van der Waals surface area contributed by atoms with E-state index in [0.717, 1.165) is 31.4 Å². The van der Waals surface area contributed by atoms with Gasteiger partial charge < -0.3 is 15.3 Å². The van der Waals surface area contributed by atoms with Crippen molar-refractivity contribution in [2.24, 2.45) is 0 Å². The van der Waals surface area contributed by atoms with Crippen LogP contribution in [0.25, 0.3) is 0 Å². The number of amides is 2. The molecule has 2 amide bonds. The molecule has 0 saturated carbocycles. The van der Waals surface area contributed by atoms with Gasteiger partial charge >= 0.3 is 6.03 Å². The molecule has 0 aliphatic carbocycles. The number of nitrogens with zero attached hydrogens (tertiary/aromatic N) is 1. The van der Waals surface area contributed by atoms with Crippen LogP contribution in [0.15, 0.2) is 12.1 Å². The summed E-state index contributed by atoms with van der Waals surface area (Å²) in [4.78, 5) is 13.7. The Hall–Kier alpha value is -1.76. The van der Waals surface area contributed by atoms with E-state index < -0.39 is 29.2 Å². The third-order valence-corrected chi connectivity index (χ3v) is 3.63. The van der Waals surface area contributed by atoms with Crippen LogP contribution in [0.4, 0.5) is 23.7 Å². The number of benzene rings is 1. The van der Waals surface area contributed by atoms with Gasteiger partial charge in [-0.05, 0) is 37.8 Å². The van der Waals surface area contributed by atoms with Crippen LogP contribution in [0.5, 0.6) is 0 Å². The number of aliphatic hydroxyl groups is 1. The summed E-state index contributed by atoms with van der Waals surface area (Å²) in [6, 6.07) is 1.04. The molecule has 2 rings (SSSR count). The molecule has 1 aliphatic rings. The van der Waals surface area contributed by atoms with Crippen LogP contribution in [0.2, 0.25) is 0 Å². The summed E-state index contributed by atoms with van der Waals surface area (Å²) in [5, 5.41) is 11.3. The van der Waals surface area contributed by atoms with Crippen LogP contribution in [0.1, 0.15) is 25.7 Å². The SMILES string of the molecule is O=C(Nc1ccc(F)c(F)c1F)N1CCCCC1CCO. The number of piperidine rings is 1. The highest BCUT2D eigenvalue weighted by Crippen LogP contribution is 2.23. The van der Waals surface area contributed by atoms with Crippen LogP contribution in [0, 0.1) is 17.5 Å². The normalized spacial score (nSPS) is 18.7. The number of anilines is 1. The Morgan fingerprint density at radius 2 is 2.05 bits per heavy atom. The predicted molar refractivity (Wildman–Crippen MR) is 71.4 cm³/mol. The predicted octanol–water partition coefficient (Wildman–Crippen LogP) is 2.87. The Labute approximate surface area is 120 Å². The van der Waals surface area contributed by atoms with Crippen molar-refractivity contribution in [2.45, 2.75) is 31.7 Å². The minimum Gasteiger partial charge on any atom is -0.396 e. The van der Waals surface area contributed by atoms with Gasteiger partial charge in [-0.3, -0.25) is 0 Å². The van der Waals surface area contributed by atoms with Gasteiger partial charge in [0.15, 0.2) is 17.5 Å². The Balaban J connectivity index is 2.11. The van der Waals surface area contributed by atoms with Crippen molar-refractivity contribution >= 4 is 11.7 Å². The molecule has 1 atom stereocenters. The van der Waals surface area contributed by atoms with E-state index in [4.69, 9.17) is 5.11 Å². The van der Waals surface area contributed by atoms with E-state index in [1.54, 1.807) is 0 Å². The highest BCUT2D eigenvalue weighted by Gasteiger charge is 2.27. The smallest absolute Gasteiger partial charge is 0.322 e. The highest BCUT2D eigenvalue weighted by molar-refractivity contribution is 5.89. The first kappa shape index (κ1) is 15.6. The molecule has 0 bridgehead atoms. The molecular formula is C14H17F3N2O2. The van der Waals surface area contributed by atoms with Crippen molar-refractivity contribution in [3.63, 3.8) is 0 Å². The van der Waals surface area contributed by atoms with Crippen molar-refractivity contribution in [3.05, 3.63) is 29.6 Å². The summed E-state index contributed by atoms with van der Waals surface area (Å²) in [5.74, 6) is -4.33. The van der Waals surface area contributed by atoms with Gasteiger partial charge in [-0.15, -0.1) is 0 Å². The molecule has 21 heavy (non-hydrogen) atoms. The van der Waals surface area contributed by atoms with Crippen LogP contribution >= 0.6 is 0 Å². The number of carbonyl (C=O) groups is 1. The van der Waals surface area contributed by atoms with Gasteiger partial charge in [0.25, 0.3) is 0 Å². The summed E-state index contributed by atoms with van der Waals surface area (Å²) in [7, 11) is 0. The summed E-state index contributed by atoms with van der Waals surface area (Å²) >= 11 is 0. The van der Waals surface area contributed by atoms with E-state index in [1.165, 1.54) is 4.90 Å². The van der Waals surface area contributed by atoms with Gasteiger partial charge in [0.2, 0.25) is 0 Å². The quantitative estimate of drug-likeness (QED) is 0.844. The lowest BCUT2D eigenvalue weighted by Crippen LogP contribution is -2.46. The van der Waals surface area contributed by atoms with Crippen molar-refractivity contribution in [1.29, 1.82) is 0 Å². The van der Waals surface area contributed by atoms with Crippen molar-refractivity contribution in [3.8, 4) is 0 Å². The number of hydrogen-bond acceptors (Lipinski definition) is 2. The molecule has 2 N–H and O–H groups in total. The summed E-state index contributed by atoms with van der Waals surface area (Å²) in [5.41, 5.74) is -0.396. The van der Waals surface area contributed by atoms with Crippen LogP contribution in [-0.4, -0.2) is 35.2 Å². The zero-order valence-corrected chi connectivity index (χ0v) is 11.4. The van der Waals surface area contributed by atoms with Crippen molar-refractivity contribution < 1.29 is 23.1 Å². The fraction of sp³-hybridized carbons (Fsp3) is 0.500. The Morgan fingerprint density at radius 3 is 2.76 bits per heavy atom. The fourth-order valence-electron chi connectivity index (χ4n) is 2.53. The highest BCUT2D eigenvalue weighted by atomic mass is 19.2. The molecule has 1 unspecified atom stereocenters. The number of nitrogens with one attached hydrogen (secondary N) is 1. The number of rotatable bonds is 3. The molecule has 0 aromatic heterocycles. The minimum absolute atomic E-state index is 0.0476. The van der Waals surface area contributed by atoms with E-state index in [0.29, 0.717) is 13.0 Å². The molecule has 1 saturated heterocycles. The molecule has 1 aliphatic heterocycles. The lowest BCUT2D eigenvalue weighted by atomic mass is 10.0. The first-order valence-electron chi connectivity index (χ1n) is 6.86. The molecular weight excluding hydrogens is 285 g/mol. The zero-order chi connectivity index (χ0) is 15.4. The second kappa shape index (κ2) is 6.80. The molecule has 1 heterocycles. The monoisotopic (exact) mass is 302 g/mol. The number of aliphatic hydroxyl groups excluding tert-OH is 1. The standard InChI is InChI=1S/C14H17F3N2O2/c15-10-4-5-11(13(17)12(10)16)18-14(21)19-7-2-1-3-9(19)6-8-20/h4-5,9,20H,1-3,6-8H2,(H,18,21). The fourth-order valence-corrected chi connectivity index (χ4v) is 2.53. The average Bonchev–Trinajstić information content (AvgIpc) is 2.49. The second-order valence-electron chi connectivity index (χ2n) is 5.01. The summed E-state index contributed by atoms with van der Waals surface area (Å²) in [6.07, 6.45) is 2.96. The number of likely N-dealkylation sites (tertiary alicyclic amines) is 1. The number of halogens is 3. The lowest BCUT2D eigenvalue weighted by molar-refractivity contribution is 0.141. The first-order valence-corrected chi connectivity index (χ1v) is 6.86. The van der Waals surface area contributed by atoms with Gasteiger partial charge in [0.1, 0.15) is 0 Å². The largest absolute Gasteiger partial charge is 0.396 e. The van der Waals surface area contributed by atoms with Gasteiger partial charge in [0.05, 0.1) is 5.69 Å². The Kier molecular flexibility index (Phi) is 5.06. The average molecular weight is 302 g/mol. The maximum absolute atomic E-state index is 13.5. The van der Waals surface area contributed by atoms with Crippen molar-refractivity contribution in [2.75, 3.05) is 18.5 Å². The van der Waals surface area contributed by atoms with Crippen LogP contribution in [0.3, 0.4) is 0 Å². The van der Waals surface area contributed by atoms with Gasteiger partial charge in [-0.25, -0.2) is 18.0 Å².